The van der Waals surface area contributed by atoms with Crippen molar-refractivity contribution in [1.82, 2.24) is 15.5 Å². The third-order valence-corrected chi connectivity index (χ3v) is 5.80. The molecule has 1 heterocycles. The predicted molar refractivity (Wildman–Crippen MR) is 115 cm³/mol. The summed E-state index contributed by atoms with van der Waals surface area (Å²) in [5.41, 5.74) is 5.72. The van der Waals surface area contributed by atoms with Crippen LogP contribution in [0.3, 0.4) is 0 Å². The van der Waals surface area contributed by atoms with Gasteiger partial charge in [-0.15, -0.1) is 0 Å². The molecule has 0 spiro atoms. The molecule has 1 saturated heterocycles. The normalized spacial score (nSPS) is 19.6. The number of hydrogen-bond donors (Lipinski definition) is 6. The Morgan fingerprint density at radius 3 is 2.43 bits per heavy atom. The van der Waals surface area contributed by atoms with Crippen molar-refractivity contribution >= 4 is 60.7 Å². The predicted octanol–water partition coefficient (Wildman–Crippen LogP) is -1.03. The molecule has 0 aromatic rings. The second-order valence-electron chi connectivity index (χ2n) is 6.40. The van der Waals surface area contributed by atoms with Crippen LogP contribution < -0.4 is 16.4 Å². The van der Waals surface area contributed by atoms with E-state index >= 15 is 0 Å². The van der Waals surface area contributed by atoms with Crippen molar-refractivity contribution in [3.05, 3.63) is 0 Å². The van der Waals surface area contributed by atoms with E-state index in [0.29, 0.717) is 25.1 Å². The Morgan fingerprint density at radius 2 is 1.89 bits per heavy atom. The van der Waals surface area contributed by atoms with Gasteiger partial charge in [0, 0.05) is 18.1 Å². The number of carbonyl (C=O) groups excluding carboxylic acids is 3. The van der Waals surface area contributed by atoms with Crippen LogP contribution in [0.25, 0.3) is 0 Å². The number of nitrogens with two attached hydrogens (primary N) is 1. The summed E-state index contributed by atoms with van der Waals surface area (Å²) in [6.45, 7) is 0.409. The fourth-order valence-corrected chi connectivity index (χ4v) is 3.71. The Morgan fingerprint density at radius 1 is 1.21 bits per heavy atom. The van der Waals surface area contributed by atoms with E-state index in [0.717, 1.165) is 0 Å². The van der Waals surface area contributed by atoms with E-state index in [2.05, 4.69) is 35.9 Å². The number of aliphatic carboxylic acids is 1. The molecule has 0 aromatic heterocycles. The van der Waals surface area contributed by atoms with Crippen molar-refractivity contribution in [2.45, 2.75) is 43.4 Å². The number of nitrogens with one attached hydrogen (secondary N) is 2. The van der Waals surface area contributed by atoms with Crippen molar-refractivity contribution in [2.75, 3.05) is 30.1 Å². The molecule has 0 saturated carbocycles. The summed E-state index contributed by atoms with van der Waals surface area (Å²) in [7, 11) is 0. The van der Waals surface area contributed by atoms with Gasteiger partial charge in [0.2, 0.25) is 17.7 Å². The van der Waals surface area contributed by atoms with E-state index < -0.39 is 42.0 Å². The summed E-state index contributed by atoms with van der Waals surface area (Å²) in [6.07, 6.45) is 3.22. The summed E-state index contributed by atoms with van der Waals surface area (Å²) in [5, 5.41) is 14.2. The highest BCUT2D eigenvalue weighted by molar-refractivity contribution is 7.98. The molecule has 28 heavy (non-hydrogen) atoms. The van der Waals surface area contributed by atoms with E-state index in [-0.39, 0.29) is 23.8 Å². The fourth-order valence-electron chi connectivity index (χ4n) is 2.82. The number of carbonyl (C=O) groups is 4. The maximum absolute atomic E-state index is 12.6. The molecular formula is C16H28N4O5S3. The average molecular weight is 453 g/mol. The lowest BCUT2D eigenvalue weighted by Gasteiger charge is -2.28. The van der Waals surface area contributed by atoms with E-state index in [1.54, 1.807) is 0 Å². The monoisotopic (exact) mass is 452 g/mol. The van der Waals surface area contributed by atoms with Crippen LogP contribution in [-0.4, -0.2) is 87.9 Å². The molecule has 0 radical (unpaired) electrons. The summed E-state index contributed by atoms with van der Waals surface area (Å²) >= 11 is 9.57. The molecule has 1 aliphatic heterocycles. The van der Waals surface area contributed by atoms with Crippen molar-refractivity contribution in [2.24, 2.45) is 5.73 Å². The van der Waals surface area contributed by atoms with Gasteiger partial charge in [-0.2, -0.15) is 37.0 Å². The van der Waals surface area contributed by atoms with Gasteiger partial charge in [-0.25, -0.2) is 4.79 Å². The number of carboxylic acid groups (broad SMARTS) is 1. The number of hydrogen-bond acceptors (Lipinski definition) is 8. The van der Waals surface area contributed by atoms with Crippen molar-refractivity contribution < 1.29 is 24.3 Å². The minimum absolute atomic E-state index is 0.0107. The first-order valence-corrected chi connectivity index (χ1v) is 11.5. The Labute approximate surface area is 179 Å². The fraction of sp³-hybridized carbons (Fsp3) is 0.750. The molecule has 1 fully saturated rings. The SMILES string of the molecule is CSCCC(NC(=O)C(CS)NC(=O)C1CCCN1C(=O)C(N)CS)C(=O)O. The minimum atomic E-state index is -1.14. The number of rotatable bonds is 11. The third-order valence-electron chi connectivity index (χ3n) is 4.39. The number of amides is 3. The van der Waals surface area contributed by atoms with Crippen LogP contribution in [0.5, 0.6) is 0 Å². The highest BCUT2D eigenvalue weighted by Gasteiger charge is 2.37. The first-order valence-electron chi connectivity index (χ1n) is 8.87. The highest BCUT2D eigenvalue weighted by atomic mass is 32.2. The smallest absolute Gasteiger partial charge is 0.326 e. The molecule has 0 bridgehead atoms. The van der Waals surface area contributed by atoms with Gasteiger partial charge in [0.15, 0.2) is 0 Å². The molecular weight excluding hydrogens is 424 g/mol. The van der Waals surface area contributed by atoms with Crippen LogP contribution in [0.1, 0.15) is 19.3 Å². The summed E-state index contributed by atoms with van der Waals surface area (Å²) in [5.74, 6) is -1.88. The molecule has 160 valence electrons. The van der Waals surface area contributed by atoms with Crippen LogP contribution in [0.2, 0.25) is 0 Å². The van der Waals surface area contributed by atoms with Gasteiger partial charge < -0.3 is 26.4 Å². The maximum atomic E-state index is 12.6. The standard InChI is InChI=1S/C16H28N4O5S3/c1-28-6-4-10(16(24)25)18-13(21)11(8-27)19-14(22)12-3-2-5-20(12)15(23)9(17)7-26/h9-12,26-27H,2-8,17H2,1H3,(H,18,21)(H,19,22)(H,24,25). The topological polar surface area (TPSA) is 142 Å². The van der Waals surface area contributed by atoms with Crippen LogP contribution in [0.15, 0.2) is 0 Å². The molecule has 9 nitrogen and oxygen atoms in total. The molecule has 0 aliphatic carbocycles. The van der Waals surface area contributed by atoms with Gasteiger partial charge in [-0.05, 0) is 31.3 Å². The quantitative estimate of drug-likeness (QED) is 0.220. The maximum Gasteiger partial charge on any atom is 0.326 e. The largest absolute Gasteiger partial charge is 0.480 e. The van der Waals surface area contributed by atoms with Gasteiger partial charge in [0.05, 0.1) is 6.04 Å². The first-order chi connectivity index (χ1) is 13.3. The lowest BCUT2D eigenvalue weighted by molar-refractivity contribution is -0.142. The Hall–Kier alpha value is -1.11. The van der Waals surface area contributed by atoms with Gasteiger partial charge in [0.1, 0.15) is 18.1 Å². The summed E-state index contributed by atoms with van der Waals surface area (Å²) < 4.78 is 0. The van der Waals surface area contributed by atoms with Crippen molar-refractivity contribution in [1.29, 1.82) is 0 Å². The van der Waals surface area contributed by atoms with E-state index in [1.807, 2.05) is 6.26 Å². The van der Waals surface area contributed by atoms with E-state index in [1.165, 1.54) is 16.7 Å². The van der Waals surface area contributed by atoms with Gasteiger partial charge in [-0.1, -0.05) is 0 Å². The lowest BCUT2D eigenvalue weighted by Crippen LogP contribution is -2.57. The molecule has 1 aliphatic rings. The van der Waals surface area contributed by atoms with E-state index in [9.17, 15) is 24.3 Å². The molecule has 4 unspecified atom stereocenters. The lowest BCUT2D eigenvalue weighted by atomic mass is 10.1. The number of thiol groups is 2. The Balaban J connectivity index is 2.74. The van der Waals surface area contributed by atoms with Gasteiger partial charge in [-0.3, -0.25) is 14.4 Å². The van der Waals surface area contributed by atoms with Crippen LogP contribution in [0.4, 0.5) is 0 Å². The third kappa shape index (κ3) is 7.05. The van der Waals surface area contributed by atoms with Crippen LogP contribution in [-0.2, 0) is 19.2 Å². The van der Waals surface area contributed by atoms with Crippen LogP contribution >= 0.6 is 37.0 Å². The van der Waals surface area contributed by atoms with Crippen LogP contribution in [0, 0.1) is 0 Å². The van der Waals surface area contributed by atoms with Gasteiger partial charge >= 0.3 is 5.97 Å². The molecule has 1 rings (SSSR count). The first kappa shape index (κ1) is 24.9. The molecule has 5 N–H and O–H groups in total. The van der Waals surface area contributed by atoms with Crippen molar-refractivity contribution in [3.8, 4) is 0 Å². The zero-order valence-corrected chi connectivity index (χ0v) is 18.3. The molecule has 4 atom stereocenters. The minimum Gasteiger partial charge on any atom is -0.480 e. The van der Waals surface area contributed by atoms with Gasteiger partial charge in [0.25, 0.3) is 0 Å². The summed E-state index contributed by atoms with van der Waals surface area (Å²) in [4.78, 5) is 50.1. The Kier molecular flexibility index (Phi) is 11.1. The van der Waals surface area contributed by atoms with E-state index in [4.69, 9.17) is 5.73 Å². The van der Waals surface area contributed by atoms with Crippen molar-refractivity contribution in [3.63, 3.8) is 0 Å². The number of carboxylic acids is 1. The Bertz CT molecular complexity index is 580. The highest BCUT2D eigenvalue weighted by Crippen LogP contribution is 2.18. The summed E-state index contributed by atoms with van der Waals surface area (Å²) in [6, 6.07) is -3.57. The molecule has 0 aromatic carbocycles. The zero-order chi connectivity index (χ0) is 21.3. The average Bonchev–Trinajstić information content (AvgIpc) is 3.17. The second kappa shape index (κ2) is 12.5. The molecule has 3 amide bonds. The second-order valence-corrected chi connectivity index (χ2v) is 8.12. The zero-order valence-electron chi connectivity index (χ0n) is 15.7. The number of likely N-dealkylation sites (tertiary alicyclic amines) is 1. The number of nitrogens with zero attached hydrogens (tertiary/aromatic N) is 1. The molecule has 12 heteroatoms. The number of thioether (sulfide) groups is 1.